The van der Waals surface area contributed by atoms with Gasteiger partial charge < -0.3 is 5.11 Å². The van der Waals surface area contributed by atoms with Gasteiger partial charge in [0.1, 0.15) is 3.70 Å². The van der Waals surface area contributed by atoms with Crippen molar-refractivity contribution in [3.63, 3.8) is 0 Å². The maximum Gasteiger partial charge on any atom is 0.417 e. The Morgan fingerprint density at radius 1 is 1.41 bits per heavy atom. The third-order valence-corrected chi connectivity index (χ3v) is 2.66. The first-order valence-corrected chi connectivity index (χ1v) is 5.01. The van der Waals surface area contributed by atoms with Crippen LogP contribution in [0.5, 0.6) is 0 Å². The second-order valence-electron chi connectivity index (χ2n) is 2.85. The Bertz CT molecular complexity index is 460. The average Bonchev–Trinajstić information content (AvgIpc) is 2.14. The summed E-state index contributed by atoms with van der Waals surface area (Å²) in [6, 6.07) is 0. The van der Waals surface area contributed by atoms with Gasteiger partial charge in [0.15, 0.2) is 0 Å². The summed E-state index contributed by atoms with van der Waals surface area (Å²) >= 11 is 1.20. The number of carbonyl (C=O) groups is 1. The fourth-order valence-electron chi connectivity index (χ4n) is 1.17. The number of hydrogen-bond acceptors (Lipinski definition) is 2. The summed E-state index contributed by atoms with van der Waals surface area (Å²) in [6.07, 6.45) is -8.22. The van der Waals surface area contributed by atoms with Crippen LogP contribution in [0.15, 0.2) is 6.20 Å². The fourth-order valence-corrected chi connectivity index (χ4v) is 1.81. The quantitative estimate of drug-likeness (QED) is 0.496. The molecule has 1 heterocycles. The minimum atomic E-state index is -5.18. The van der Waals surface area contributed by atoms with E-state index in [1.807, 2.05) is 0 Å². The molecule has 17 heavy (non-hydrogen) atoms. The molecule has 0 bridgehead atoms. The Balaban J connectivity index is 3.68. The SMILES string of the molecule is O=C(O)c1cnc(I)c(C(F)F)c1C(F)(F)F. The highest BCUT2D eigenvalue weighted by molar-refractivity contribution is 14.1. The first-order chi connectivity index (χ1) is 7.66. The molecule has 0 fully saturated rings. The summed E-state index contributed by atoms with van der Waals surface area (Å²) in [6.45, 7) is 0. The molecule has 0 atom stereocenters. The number of nitrogens with zero attached hydrogens (tertiary/aromatic N) is 1. The zero-order valence-corrected chi connectivity index (χ0v) is 9.88. The topological polar surface area (TPSA) is 50.2 Å². The van der Waals surface area contributed by atoms with E-state index in [1.165, 1.54) is 22.6 Å². The number of aromatic nitrogens is 1. The predicted molar refractivity (Wildman–Crippen MR) is 53.9 cm³/mol. The van der Waals surface area contributed by atoms with E-state index >= 15 is 0 Å². The summed E-state index contributed by atoms with van der Waals surface area (Å²) < 4.78 is 62.2. The van der Waals surface area contributed by atoms with Crippen molar-refractivity contribution in [1.82, 2.24) is 4.98 Å². The van der Waals surface area contributed by atoms with Crippen LogP contribution < -0.4 is 0 Å². The van der Waals surface area contributed by atoms with Crippen molar-refractivity contribution in [2.75, 3.05) is 0 Å². The molecule has 0 spiro atoms. The molecule has 1 aromatic heterocycles. The van der Waals surface area contributed by atoms with Crippen LogP contribution in [0.4, 0.5) is 22.0 Å². The van der Waals surface area contributed by atoms with E-state index in [2.05, 4.69) is 4.98 Å². The third kappa shape index (κ3) is 2.82. The molecule has 0 aliphatic carbocycles. The molecule has 0 amide bonds. The van der Waals surface area contributed by atoms with Gasteiger partial charge in [0.2, 0.25) is 0 Å². The first-order valence-electron chi connectivity index (χ1n) is 3.93. The van der Waals surface area contributed by atoms with Gasteiger partial charge in [0.25, 0.3) is 6.43 Å². The van der Waals surface area contributed by atoms with Crippen LogP contribution in [-0.2, 0) is 6.18 Å². The van der Waals surface area contributed by atoms with Crippen molar-refractivity contribution in [3.05, 3.63) is 26.6 Å². The largest absolute Gasteiger partial charge is 0.478 e. The highest BCUT2D eigenvalue weighted by Gasteiger charge is 2.41. The summed E-state index contributed by atoms with van der Waals surface area (Å²) in [5, 5.41) is 8.54. The maximum atomic E-state index is 12.6. The Kier molecular flexibility index (Phi) is 3.89. The smallest absolute Gasteiger partial charge is 0.417 e. The van der Waals surface area contributed by atoms with Crippen molar-refractivity contribution in [3.8, 4) is 0 Å². The number of rotatable bonds is 2. The number of alkyl halides is 5. The van der Waals surface area contributed by atoms with Gasteiger partial charge in [-0.15, -0.1) is 0 Å². The van der Waals surface area contributed by atoms with E-state index in [0.717, 1.165) is 0 Å². The molecule has 1 aromatic rings. The van der Waals surface area contributed by atoms with Crippen LogP contribution in [0.1, 0.15) is 27.9 Å². The highest BCUT2D eigenvalue weighted by atomic mass is 127. The van der Waals surface area contributed by atoms with Crippen molar-refractivity contribution >= 4 is 28.6 Å². The molecule has 0 aromatic carbocycles. The molecule has 0 aliphatic rings. The van der Waals surface area contributed by atoms with Gasteiger partial charge >= 0.3 is 12.1 Å². The molecule has 0 saturated heterocycles. The van der Waals surface area contributed by atoms with Crippen LogP contribution in [0.3, 0.4) is 0 Å². The third-order valence-electron chi connectivity index (χ3n) is 1.80. The van der Waals surface area contributed by atoms with E-state index in [4.69, 9.17) is 5.11 Å². The monoisotopic (exact) mass is 367 g/mol. The lowest BCUT2D eigenvalue weighted by Crippen LogP contribution is -2.18. The normalized spacial score (nSPS) is 11.9. The molecule has 94 valence electrons. The van der Waals surface area contributed by atoms with E-state index in [1.54, 1.807) is 0 Å². The van der Waals surface area contributed by atoms with E-state index < -0.39 is 39.0 Å². The summed E-state index contributed by atoms with van der Waals surface area (Å²) in [4.78, 5) is 13.8. The van der Waals surface area contributed by atoms with Crippen LogP contribution >= 0.6 is 22.6 Å². The first kappa shape index (κ1) is 14.1. The number of carboxylic acids is 1. The van der Waals surface area contributed by atoms with Crippen LogP contribution in [0, 0.1) is 3.70 Å². The molecular formula is C8H3F5INO2. The van der Waals surface area contributed by atoms with Gasteiger partial charge in [-0.2, -0.15) is 13.2 Å². The molecule has 1 N–H and O–H groups in total. The minimum Gasteiger partial charge on any atom is -0.478 e. The lowest BCUT2D eigenvalue weighted by atomic mass is 10.0. The van der Waals surface area contributed by atoms with Gasteiger partial charge in [-0.1, -0.05) is 0 Å². The van der Waals surface area contributed by atoms with Crippen LogP contribution in [0.25, 0.3) is 0 Å². The van der Waals surface area contributed by atoms with Gasteiger partial charge in [-0.3, -0.25) is 0 Å². The Labute approximate surface area is 105 Å². The van der Waals surface area contributed by atoms with Gasteiger partial charge in [0, 0.05) is 6.20 Å². The van der Waals surface area contributed by atoms with Gasteiger partial charge in [-0.25, -0.2) is 18.6 Å². The van der Waals surface area contributed by atoms with Gasteiger partial charge in [-0.05, 0) is 22.6 Å². The molecule has 1 rings (SSSR count). The lowest BCUT2D eigenvalue weighted by molar-refractivity contribution is -0.140. The number of carboxylic acid groups (broad SMARTS) is 1. The number of hydrogen-bond donors (Lipinski definition) is 1. The molecule has 3 nitrogen and oxygen atoms in total. The van der Waals surface area contributed by atoms with Gasteiger partial charge in [0.05, 0.1) is 16.7 Å². The lowest BCUT2D eigenvalue weighted by Gasteiger charge is -2.15. The standard InChI is InChI=1S/C8H3F5INO2/c9-5(10)3-4(8(11,12)13)2(7(16)17)1-15-6(3)14/h1,5H,(H,16,17). The highest BCUT2D eigenvalue weighted by Crippen LogP contribution is 2.40. The van der Waals surface area contributed by atoms with Crippen molar-refractivity contribution in [1.29, 1.82) is 0 Å². The number of pyridine rings is 1. The van der Waals surface area contributed by atoms with Crippen molar-refractivity contribution in [2.24, 2.45) is 0 Å². The molecular weight excluding hydrogens is 364 g/mol. The van der Waals surface area contributed by atoms with E-state index in [-0.39, 0.29) is 0 Å². The Morgan fingerprint density at radius 2 is 1.94 bits per heavy atom. The molecule has 0 radical (unpaired) electrons. The fraction of sp³-hybridized carbons (Fsp3) is 0.250. The number of aromatic carboxylic acids is 1. The zero-order valence-electron chi connectivity index (χ0n) is 7.73. The molecule has 9 heteroatoms. The second kappa shape index (κ2) is 4.70. The second-order valence-corrected chi connectivity index (χ2v) is 3.88. The average molecular weight is 367 g/mol. The minimum absolute atomic E-state index is 0.415. The Hall–Kier alpha value is -1.00. The maximum absolute atomic E-state index is 12.6. The zero-order chi connectivity index (χ0) is 13.4. The summed E-state index contributed by atoms with van der Waals surface area (Å²) in [7, 11) is 0. The predicted octanol–water partition coefficient (Wildman–Crippen LogP) is 3.34. The Morgan fingerprint density at radius 3 is 2.29 bits per heavy atom. The van der Waals surface area contributed by atoms with Crippen LogP contribution in [0.2, 0.25) is 0 Å². The molecule has 0 saturated carbocycles. The van der Waals surface area contributed by atoms with Crippen molar-refractivity contribution < 1.29 is 31.9 Å². The molecule has 0 aliphatic heterocycles. The van der Waals surface area contributed by atoms with Crippen molar-refractivity contribution in [2.45, 2.75) is 12.6 Å². The van der Waals surface area contributed by atoms with E-state index in [0.29, 0.717) is 6.20 Å². The van der Waals surface area contributed by atoms with E-state index in [9.17, 15) is 26.7 Å². The summed E-state index contributed by atoms with van der Waals surface area (Å²) in [5.74, 6) is -1.96. The van der Waals surface area contributed by atoms with Crippen LogP contribution in [-0.4, -0.2) is 16.1 Å². The molecule has 0 unspecified atom stereocenters. The number of halogens is 6. The summed E-state index contributed by atoms with van der Waals surface area (Å²) in [5.41, 5.74) is -4.54.